The van der Waals surface area contributed by atoms with Gasteiger partial charge in [0.05, 0.1) is 11.0 Å². The van der Waals surface area contributed by atoms with Gasteiger partial charge in [-0.2, -0.15) is 0 Å². The molecule has 0 aliphatic heterocycles. The Morgan fingerprint density at radius 1 is 1.23 bits per heavy atom. The molecule has 2 rings (SSSR count). The number of H-pyrrole nitrogens is 1. The van der Waals surface area contributed by atoms with Crippen LogP contribution in [0.2, 0.25) is 0 Å². The summed E-state index contributed by atoms with van der Waals surface area (Å²) in [6.45, 7) is -0.397. The number of carbonyl (C=O) groups is 2. The molecular formula is C13H12N4O5. The first kappa shape index (κ1) is 15.0. The third kappa shape index (κ3) is 4.07. The van der Waals surface area contributed by atoms with Crippen molar-refractivity contribution in [2.75, 3.05) is 6.61 Å². The van der Waals surface area contributed by atoms with Crippen molar-refractivity contribution in [3.05, 3.63) is 58.4 Å². The lowest BCUT2D eigenvalue weighted by molar-refractivity contribution is -0.384. The molecule has 0 unspecified atom stereocenters. The van der Waals surface area contributed by atoms with Gasteiger partial charge in [-0.05, 0) is 18.2 Å². The monoisotopic (exact) mass is 304 g/mol. The lowest BCUT2D eigenvalue weighted by atomic mass is 10.3. The molecule has 0 saturated heterocycles. The maximum atomic E-state index is 11.5. The average molecular weight is 304 g/mol. The van der Waals surface area contributed by atoms with E-state index >= 15 is 0 Å². The summed E-state index contributed by atoms with van der Waals surface area (Å²) in [6.07, 6.45) is 1.57. The van der Waals surface area contributed by atoms with Gasteiger partial charge in [-0.25, -0.2) is 0 Å². The van der Waals surface area contributed by atoms with Gasteiger partial charge in [0.1, 0.15) is 11.4 Å². The standard InChI is InChI=1S/C13H12N4O5/c18-12(15-16-13(19)11-5-2-6-14-11)8-22-10-4-1-3-9(7-10)17(20)21/h1-7,14H,8H2,(H,15,18)(H,16,19). The fourth-order valence-electron chi connectivity index (χ4n) is 1.54. The number of aromatic nitrogens is 1. The summed E-state index contributed by atoms with van der Waals surface area (Å²) in [4.78, 5) is 35.8. The molecule has 0 aliphatic rings. The van der Waals surface area contributed by atoms with Crippen LogP contribution < -0.4 is 15.6 Å². The van der Waals surface area contributed by atoms with E-state index in [0.29, 0.717) is 5.69 Å². The van der Waals surface area contributed by atoms with Gasteiger partial charge in [0.2, 0.25) is 0 Å². The average Bonchev–Trinajstić information content (AvgIpc) is 3.05. The molecule has 114 valence electrons. The highest BCUT2D eigenvalue weighted by Crippen LogP contribution is 2.18. The van der Waals surface area contributed by atoms with Crippen molar-refractivity contribution in [3.63, 3.8) is 0 Å². The number of aromatic amines is 1. The number of hydrogen-bond acceptors (Lipinski definition) is 5. The molecule has 0 fully saturated rings. The number of nitrogens with zero attached hydrogens (tertiary/aromatic N) is 1. The molecule has 2 aromatic rings. The number of amides is 2. The second-order valence-electron chi connectivity index (χ2n) is 4.13. The van der Waals surface area contributed by atoms with Crippen LogP contribution in [0, 0.1) is 10.1 Å². The number of benzene rings is 1. The van der Waals surface area contributed by atoms with Crippen molar-refractivity contribution >= 4 is 17.5 Å². The minimum absolute atomic E-state index is 0.141. The number of non-ortho nitro benzene ring substituents is 1. The highest BCUT2D eigenvalue weighted by atomic mass is 16.6. The predicted octanol–water partition coefficient (Wildman–Crippen LogP) is 0.763. The SMILES string of the molecule is O=C(COc1cccc([N+](=O)[O-])c1)NNC(=O)c1ccc[nH]1. The number of nitro groups is 1. The normalized spacial score (nSPS) is 9.82. The van der Waals surface area contributed by atoms with E-state index < -0.39 is 23.3 Å². The molecule has 3 N–H and O–H groups in total. The summed E-state index contributed by atoms with van der Waals surface area (Å²) in [7, 11) is 0. The maximum absolute atomic E-state index is 11.5. The Bertz CT molecular complexity index is 683. The van der Waals surface area contributed by atoms with Crippen molar-refractivity contribution in [1.29, 1.82) is 0 Å². The molecule has 0 aliphatic carbocycles. The molecule has 9 nitrogen and oxygen atoms in total. The minimum atomic E-state index is -0.605. The van der Waals surface area contributed by atoms with Gasteiger partial charge in [0, 0.05) is 12.3 Å². The van der Waals surface area contributed by atoms with Crippen LogP contribution in [0.3, 0.4) is 0 Å². The van der Waals surface area contributed by atoms with Crippen LogP contribution in [-0.2, 0) is 4.79 Å². The van der Waals surface area contributed by atoms with Crippen LogP contribution in [0.25, 0.3) is 0 Å². The fourth-order valence-corrected chi connectivity index (χ4v) is 1.54. The Morgan fingerprint density at radius 2 is 2.05 bits per heavy atom. The minimum Gasteiger partial charge on any atom is -0.483 e. The molecule has 0 bridgehead atoms. The topological polar surface area (TPSA) is 126 Å². The number of ether oxygens (including phenoxy) is 1. The van der Waals surface area contributed by atoms with Crippen LogP contribution in [0.4, 0.5) is 5.69 Å². The molecule has 0 atom stereocenters. The second kappa shape index (κ2) is 6.88. The van der Waals surface area contributed by atoms with Crippen molar-refractivity contribution in [1.82, 2.24) is 15.8 Å². The van der Waals surface area contributed by atoms with E-state index in [-0.39, 0.29) is 11.4 Å². The van der Waals surface area contributed by atoms with Crippen LogP contribution >= 0.6 is 0 Å². The summed E-state index contributed by atoms with van der Waals surface area (Å²) in [5.74, 6) is -0.930. The molecule has 0 saturated carbocycles. The number of nitro benzene ring substituents is 1. The Balaban J connectivity index is 1.79. The van der Waals surface area contributed by atoms with E-state index in [2.05, 4.69) is 15.8 Å². The third-order valence-corrected chi connectivity index (χ3v) is 2.56. The molecule has 0 spiro atoms. The van der Waals surface area contributed by atoms with E-state index in [1.54, 1.807) is 18.3 Å². The highest BCUT2D eigenvalue weighted by molar-refractivity contribution is 5.93. The van der Waals surface area contributed by atoms with E-state index in [1.807, 2.05) is 0 Å². The van der Waals surface area contributed by atoms with Gasteiger partial charge in [-0.3, -0.25) is 30.6 Å². The number of hydrazine groups is 1. The largest absolute Gasteiger partial charge is 0.483 e. The first-order valence-corrected chi connectivity index (χ1v) is 6.16. The molecule has 1 aromatic carbocycles. The van der Waals surface area contributed by atoms with Crippen molar-refractivity contribution in [2.45, 2.75) is 0 Å². The van der Waals surface area contributed by atoms with Crippen LogP contribution in [0.15, 0.2) is 42.6 Å². The van der Waals surface area contributed by atoms with Gasteiger partial charge in [-0.1, -0.05) is 6.07 Å². The first-order chi connectivity index (χ1) is 10.6. The molecule has 22 heavy (non-hydrogen) atoms. The first-order valence-electron chi connectivity index (χ1n) is 6.16. The lowest BCUT2D eigenvalue weighted by Crippen LogP contribution is -2.43. The molecule has 2 amide bonds. The zero-order chi connectivity index (χ0) is 15.9. The highest BCUT2D eigenvalue weighted by Gasteiger charge is 2.10. The van der Waals surface area contributed by atoms with Crippen molar-refractivity contribution < 1.29 is 19.2 Å². The van der Waals surface area contributed by atoms with Gasteiger partial charge < -0.3 is 9.72 Å². The van der Waals surface area contributed by atoms with Gasteiger partial charge in [-0.15, -0.1) is 0 Å². The van der Waals surface area contributed by atoms with Crippen LogP contribution in [0.5, 0.6) is 5.75 Å². The second-order valence-corrected chi connectivity index (χ2v) is 4.13. The van der Waals surface area contributed by atoms with Crippen molar-refractivity contribution in [3.8, 4) is 5.75 Å². The van der Waals surface area contributed by atoms with E-state index in [1.165, 1.54) is 24.3 Å². The number of rotatable bonds is 5. The molecular weight excluding hydrogens is 292 g/mol. The quantitative estimate of drug-likeness (QED) is 0.555. The lowest BCUT2D eigenvalue weighted by Gasteiger charge is -2.08. The van der Waals surface area contributed by atoms with E-state index in [4.69, 9.17) is 4.74 Å². The fraction of sp³-hybridized carbons (Fsp3) is 0.0769. The Labute approximate surface area is 124 Å². The Kier molecular flexibility index (Phi) is 4.70. The van der Waals surface area contributed by atoms with Crippen molar-refractivity contribution in [2.24, 2.45) is 0 Å². The zero-order valence-electron chi connectivity index (χ0n) is 11.2. The summed E-state index contributed by atoms with van der Waals surface area (Å²) >= 11 is 0. The summed E-state index contributed by atoms with van der Waals surface area (Å²) in [5, 5.41) is 10.6. The zero-order valence-corrected chi connectivity index (χ0v) is 11.2. The van der Waals surface area contributed by atoms with Crippen LogP contribution in [-0.4, -0.2) is 28.3 Å². The Hall–Kier alpha value is -3.36. The molecule has 1 heterocycles. The van der Waals surface area contributed by atoms with E-state index in [0.717, 1.165) is 0 Å². The summed E-state index contributed by atoms with van der Waals surface area (Å²) in [5.41, 5.74) is 4.50. The summed E-state index contributed by atoms with van der Waals surface area (Å²) < 4.78 is 5.11. The predicted molar refractivity (Wildman–Crippen MR) is 75.0 cm³/mol. The van der Waals surface area contributed by atoms with Gasteiger partial charge in [0.15, 0.2) is 6.61 Å². The number of carbonyl (C=O) groups excluding carboxylic acids is 2. The number of nitrogens with one attached hydrogen (secondary N) is 3. The molecule has 9 heteroatoms. The maximum Gasteiger partial charge on any atom is 0.286 e. The van der Waals surface area contributed by atoms with Gasteiger partial charge in [0.25, 0.3) is 17.5 Å². The van der Waals surface area contributed by atoms with Crippen LogP contribution in [0.1, 0.15) is 10.5 Å². The smallest absolute Gasteiger partial charge is 0.286 e. The molecule has 1 aromatic heterocycles. The third-order valence-electron chi connectivity index (χ3n) is 2.56. The Morgan fingerprint density at radius 3 is 2.73 bits per heavy atom. The van der Waals surface area contributed by atoms with E-state index in [9.17, 15) is 19.7 Å². The van der Waals surface area contributed by atoms with Gasteiger partial charge >= 0.3 is 0 Å². The molecule has 0 radical (unpaired) electrons. The number of hydrogen-bond donors (Lipinski definition) is 3. The summed E-state index contributed by atoms with van der Waals surface area (Å²) in [6, 6.07) is 8.62.